The van der Waals surface area contributed by atoms with Crippen molar-refractivity contribution in [1.29, 1.82) is 0 Å². The maximum Gasteiger partial charge on any atom is 0.410 e. The molecule has 5 atom stereocenters. The van der Waals surface area contributed by atoms with Gasteiger partial charge in [0, 0.05) is 25.7 Å². The number of carbonyl (C=O) groups is 2. The Hall–Kier alpha value is -2.10. The number of nitrogens with one attached hydrogen (secondary N) is 2. The molecule has 4 fully saturated rings. The summed E-state index contributed by atoms with van der Waals surface area (Å²) in [5, 5.41) is 10.7. The summed E-state index contributed by atoms with van der Waals surface area (Å²) in [6.45, 7) is 14.1. The summed E-state index contributed by atoms with van der Waals surface area (Å²) >= 11 is 3.44. The lowest BCUT2D eigenvalue weighted by Crippen LogP contribution is -2.58. The molecule has 10 heteroatoms. The van der Waals surface area contributed by atoms with Crippen LogP contribution >= 0.6 is 15.9 Å². The molecular weight excluding hydrogens is 538 g/mol. The molecule has 9 nitrogen and oxygen atoms in total. The van der Waals surface area contributed by atoms with Crippen LogP contribution < -0.4 is 16.2 Å². The Balaban J connectivity index is 1.29. The molecule has 4 aliphatic rings. The lowest BCUT2D eigenvalue weighted by atomic mass is 9.45. The van der Waals surface area contributed by atoms with Crippen LogP contribution in [0.4, 0.5) is 10.5 Å². The standard InChI is InChI=1S/C27H42BrN5O4/c1-16-19-10-18(27(19,5)6)11-20(16)31-21-13-30-33(24(35)23(21)28)15-22(34)29-12-17-8-7-9-32(14-17)25(36)37-26(2,3)4/h13,16-20,31H,7-12,14-15H2,1-6H3,(H,29,34)/t16-,17?,18-,19+,20-/m1/s1. The highest BCUT2D eigenvalue weighted by molar-refractivity contribution is 9.10. The van der Waals surface area contributed by atoms with Crippen molar-refractivity contribution in [1.82, 2.24) is 20.0 Å². The number of likely N-dealkylation sites (tertiary alicyclic amines) is 1. The molecular formula is C27H42BrN5O4. The van der Waals surface area contributed by atoms with Crippen LogP contribution in [-0.2, 0) is 16.1 Å². The molecule has 1 unspecified atom stereocenters. The molecule has 2 amide bonds. The molecule has 0 aromatic carbocycles. The van der Waals surface area contributed by atoms with Crippen molar-refractivity contribution in [2.24, 2.45) is 29.1 Å². The van der Waals surface area contributed by atoms with Crippen LogP contribution in [0.3, 0.4) is 0 Å². The first-order valence-electron chi connectivity index (χ1n) is 13.5. The van der Waals surface area contributed by atoms with Gasteiger partial charge in [-0.2, -0.15) is 5.10 Å². The molecule has 2 heterocycles. The Bertz CT molecular complexity index is 1080. The second-order valence-electron chi connectivity index (χ2n) is 12.8. The van der Waals surface area contributed by atoms with Gasteiger partial charge in [0.15, 0.2) is 0 Å². The third-order valence-corrected chi connectivity index (χ3v) is 9.50. The zero-order valence-corrected chi connectivity index (χ0v) is 24.6. The van der Waals surface area contributed by atoms with Gasteiger partial charge in [0.2, 0.25) is 5.91 Å². The molecule has 3 saturated carbocycles. The first kappa shape index (κ1) is 27.9. The fraction of sp³-hybridized carbons (Fsp3) is 0.778. The van der Waals surface area contributed by atoms with Gasteiger partial charge in [0.05, 0.1) is 11.9 Å². The Morgan fingerprint density at radius 2 is 2.00 bits per heavy atom. The number of piperidine rings is 1. The SMILES string of the molecule is C[C@H]1[C@H](Nc2cnn(CC(=O)NCC3CCCN(C(=O)OC(C)(C)C)C3)c(=O)c2Br)C[C@H]2C[C@@H]1C2(C)C. The number of amides is 2. The van der Waals surface area contributed by atoms with E-state index in [2.05, 4.69) is 52.4 Å². The highest BCUT2D eigenvalue weighted by Crippen LogP contribution is 2.61. The number of halogens is 1. The van der Waals surface area contributed by atoms with E-state index in [1.54, 1.807) is 11.1 Å². The van der Waals surface area contributed by atoms with Crippen LogP contribution in [0.1, 0.15) is 67.2 Å². The quantitative estimate of drug-likeness (QED) is 0.522. The van der Waals surface area contributed by atoms with E-state index in [1.807, 2.05) is 20.8 Å². The molecule has 0 spiro atoms. The number of anilines is 1. The third-order valence-electron chi connectivity index (χ3n) is 8.73. The normalized spacial score (nSPS) is 28.7. The van der Waals surface area contributed by atoms with E-state index in [0.29, 0.717) is 59.0 Å². The van der Waals surface area contributed by atoms with Gasteiger partial charge in [-0.3, -0.25) is 9.59 Å². The number of rotatable bonds is 6. The smallest absolute Gasteiger partial charge is 0.410 e. The molecule has 0 radical (unpaired) electrons. The van der Waals surface area contributed by atoms with Crippen molar-refractivity contribution in [2.45, 2.75) is 85.4 Å². The van der Waals surface area contributed by atoms with Gasteiger partial charge >= 0.3 is 6.09 Å². The summed E-state index contributed by atoms with van der Waals surface area (Å²) in [7, 11) is 0. The predicted octanol–water partition coefficient (Wildman–Crippen LogP) is 4.25. The highest BCUT2D eigenvalue weighted by Gasteiger charge is 2.56. The summed E-state index contributed by atoms with van der Waals surface area (Å²) < 4.78 is 7.07. The van der Waals surface area contributed by atoms with Crippen molar-refractivity contribution >= 4 is 33.6 Å². The van der Waals surface area contributed by atoms with E-state index < -0.39 is 5.60 Å². The van der Waals surface area contributed by atoms with Crippen LogP contribution in [0.25, 0.3) is 0 Å². The molecule has 1 aromatic rings. The first-order chi connectivity index (χ1) is 17.3. The van der Waals surface area contributed by atoms with Crippen LogP contribution in [-0.4, -0.2) is 58.0 Å². The van der Waals surface area contributed by atoms with E-state index in [0.717, 1.165) is 19.3 Å². The fourth-order valence-corrected chi connectivity index (χ4v) is 6.81. The van der Waals surface area contributed by atoms with Gasteiger partial charge in [-0.1, -0.05) is 20.8 Å². The number of aromatic nitrogens is 2. The lowest BCUT2D eigenvalue weighted by molar-refractivity contribution is -0.122. The summed E-state index contributed by atoms with van der Waals surface area (Å²) in [5.41, 5.74) is 0.212. The van der Waals surface area contributed by atoms with Crippen LogP contribution in [0, 0.1) is 29.1 Å². The summed E-state index contributed by atoms with van der Waals surface area (Å²) in [5.74, 6) is 1.79. The number of carbonyl (C=O) groups excluding carboxylic acids is 2. The van der Waals surface area contributed by atoms with Gasteiger partial charge in [0.1, 0.15) is 16.6 Å². The van der Waals surface area contributed by atoms with Gasteiger partial charge in [-0.25, -0.2) is 9.48 Å². The van der Waals surface area contributed by atoms with E-state index in [4.69, 9.17) is 4.74 Å². The summed E-state index contributed by atoms with van der Waals surface area (Å²) in [4.78, 5) is 39.7. The molecule has 2 bridgehead atoms. The van der Waals surface area contributed by atoms with Crippen molar-refractivity contribution in [3.8, 4) is 0 Å². The Kier molecular flexibility index (Phi) is 7.98. The minimum atomic E-state index is -0.538. The van der Waals surface area contributed by atoms with E-state index in [-0.39, 0.29) is 30.0 Å². The minimum absolute atomic E-state index is 0.141. The number of nitrogens with zero attached hydrogens (tertiary/aromatic N) is 3. The largest absolute Gasteiger partial charge is 0.444 e. The molecule has 1 aromatic heterocycles. The van der Waals surface area contributed by atoms with Crippen molar-refractivity contribution in [2.75, 3.05) is 25.0 Å². The van der Waals surface area contributed by atoms with E-state index in [9.17, 15) is 14.4 Å². The molecule has 5 rings (SSSR count). The zero-order valence-electron chi connectivity index (χ0n) is 23.0. The van der Waals surface area contributed by atoms with Crippen molar-refractivity contribution in [3.63, 3.8) is 0 Å². The number of hydrogen-bond acceptors (Lipinski definition) is 6. The zero-order chi connectivity index (χ0) is 27.1. The molecule has 206 valence electrons. The highest BCUT2D eigenvalue weighted by atomic mass is 79.9. The maximum absolute atomic E-state index is 12.9. The van der Waals surface area contributed by atoms with Crippen LogP contribution in [0.5, 0.6) is 0 Å². The first-order valence-corrected chi connectivity index (χ1v) is 14.3. The fourth-order valence-electron chi connectivity index (χ4n) is 6.39. The lowest BCUT2D eigenvalue weighted by Gasteiger charge is -2.62. The summed E-state index contributed by atoms with van der Waals surface area (Å²) in [6.07, 6.45) is 5.48. The van der Waals surface area contributed by atoms with Crippen LogP contribution in [0.2, 0.25) is 0 Å². The topological polar surface area (TPSA) is 106 Å². The van der Waals surface area contributed by atoms with Crippen LogP contribution in [0.15, 0.2) is 15.5 Å². The van der Waals surface area contributed by atoms with Gasteiger partial charge < -0.3 is 20.3 Å². The van der Waals surface area contributed by atoms with Crippen molar-refractivity contribution in [3.05, 3.63) is 21.0 Å². The van der Waals surface area contributed by atoms with Gasteiger partial charge in [-0.15, -0.1) is 0 Å². The number of fused-ring (bicyclic) bond motifs is 2. The number of ether oxygens (including phenoxy) is 1. The average Bonchev–Trinajstić information content (AvgIpc) is 2.82. The second-order valence-corrected chi connectivity index (χ2v) is 13.6. The Morgan fingerprint density at radius 3 is 2.65 bits per heavy atom. The molecule has 1 aliphatic heterocycles. The van der Waals surface area contributed by atoms with E-state index in [1.165, 1.54) is 11.1 Å². The third kappa shape index (κ3) is 6.15. The Morgan fingerprint density at radius 1 is 1.27 bits per heavy atom. The molecule has 2 N–H and O–H groups in total. The monoisotopic (exact) mass is 579 g/mol. The maximum atomic E-state index is 12.9. The molecule has 3 aliphatic carbocycles. The summed E-state index contributed by atoms with van der Waals surface area (Å²) in [6, 6.07) is 0.309. The van der Waals surface area contributed by atoms with E-state index >= 15 is 0 Å². The van der Waals surface area contributed by atoms with Gasteiger partial charge in [-0.05, 0) is 91.5 Å². The minimum Gasteiger partial charge on any atom is -0.444 e. The Labute approximate surface area is 228 Å². The molecule has 1 saturated heterocycles. The predicted molar refractivity (Wildman–Crippen MR) is 146 cm³/mol. The average molecular weight is 581 g/mol. The van der Waals surface area contributed by atoms with Crippen molar-refractivity contribution < 1.29 is 14.3 Å². The molecule has 37 heavy (non-hydrogen) atoms. The second kappa shape index (κ2) is 10.6. The van der Waals surface area contributed by atoms with Gasteiger partial charge in [0.25, 0.3) is 5.56 Å². The number of hydrogen-bond donors (Lipinski definition) is 2.